The molecule has 0 unspecified atom stereocenters. The maximum atomic E-state index is 4.27. The molecule has 0 aliphatic heterocycles. The van der Waals surface area contributed by atoms with Crippen LogP contribution in [0.15, 0.2) is 61.2 Å². The van der Waals surface area contributed by atoms with Gasteiger partial charge in [0.2, 0.25) is 0 Å². The fourth-order valence-corrected chi connectivity index (χ4v) is 7.21. The van der Waals surface area contributed by atoms with E-state index in [1.807, 2.05) is 12.5 Å². The molecule has 132 valence electrons. The van der Waals surface area contributed by atoms with Gasteiger partial charge in [0.05, 0.1) is 12.9 Å². The third-order valence-electron chi connectivity index (χ3n) is 4.00. The highest BCUT2D eigenvalue weighted by molar-refractivity contribution is 8.18. The predicted molar refractivity (Wildman–Crippen MR) is 113 cm³/mol. The smallest absolute Gasteiger partial charge is 0.105 e. The molecule has 0 atom stereocenters. The molecule has 0 aliphatic rings. The van der Waals surface area contributed by atoms with Crippen molar-refractivity contribution in [2.45, 2.75) is 48.8 Å². The number of hydrogen-bond acceptors (Lipinski definition) is 3. The van der Waals surface area contributed by atoms with Gasteiger partial charge in [-0.05, 0) is 16.3 Å². The second kappa shape index (κ2) is 7.88. The maximum Gasteiger partial charge on any atom is 0.105 e. The molecule has 3 aromatic rings. The van der Waals surface area contributed by atoms with Crippen molar-refractivity contribution in [1.29, 1.82) is 0 Å². The minimum Gasteiger partial charge on any atom is -0.335 e. The van der Waals surface area contributed by atoms with Gasteiger partial charge in [-0.25, -0.2) is 4.98 Å². The van der Waals surface area contributed by atoms with Crippen LogP contribution in [0.5, 0.6) is 0 Å². The largest absolute Gasteiger partial charge is 0.335 e. The van der Waals surface area contributed by atoms with Gasteiger partial charge in [0, 0.05) is 22.9 Å². The average molecular weight is 371 g/mol. The summed E-state index contributed by atoms with van der Waals surface area (Å²) < 4.78 is 2.16. The molecule has 0 saturated carbocycles. The summed E-state index contributed by atoms with van der Waals surface area (Å²) in [5.74, 6) is 0. The molecule has 0 amide bonds. The van der Waals surface area contributed by atoms with Gasteiger partial charge in [0.1, 0.15) is 4.08 Å². The second-order valence-corrected chi connectivity index (χ2v) is 10.9. The van der Waals surface area contributed by atoms with Crippen LogP contribution < -0.4 is 0 Å². The standard InChI is InChI=1S/C21H26N2S2/c1-16(2)24-21(25-17(3)4,14-23-13-12-22-15-23)20-11-7-9-18-8-5-6-10-19(18)20/h5-13,15-17H,14H2,1-4H3. The molecule has 0 radical (unpaired) electrons. The molecule has 2 aromatic carbocycles. The van der Waals surface area contributed by atoms with Crippen LogP contribution in [0.3, 0.4) is 0 Å². The average Bonchev–Trinajstić information content (AvgIpc) is 3.05. The summed E-state index contributed by atoms with van der Waals surface area (Å²) in [4.78, 5) is 4.27. The van der Waals surface area contributed by atoms with Crippen LogP contribution >= 0.6 is 23.5 Å². The van der Waals surface area contributed by atoms with Gasteiger partial charge in [0.15, 0.2) is 0 Å². The third-order valence-corrected chi connectivity index (χ3v) is 6.98. The summed E-state index contributed by atoms with van der Waals surface area (Å²) in [6.07, 6.45) is 5.87. The van der Waals surface area contributed by atoms with Gasteiger partial charge in [-0.3, -0.25) is 0 Å². The van der Waals surface area contributed by atoms with Crippen molar-refractivity contribution >= 4 is 34.3 Å². The zero-order valence-electron chi connectivity index (χ0n) is 15.3. The van der Waals surface area contributed by atoms with Gasteiger partial charge in [-0.15, -0.1) is 23.5 Å². The number of aromatic nitrogens is 2. The lowest BCUT2D eigenvalue weighted by molar-refractivity contribution is 0.648. The lowest BCUT2D eigenvalue weighted by Gasteiger charge is -2.37. The molecular weight excluding hydrogens is 344 g/mol. The van der Waals surface area contributed by atoms with Crippen molar-refractivity contribution in [3.05, 3.63) is 66.7 Å². The van der Waals surface area contributed by atoms with Gasteiger partial charge in [-0.2, -0.15) is 0 Å². The molecule has 4 heteroatoms. The topological polar surface area (TPSA) is 17.8 Å². The molecule has 0 aliphatic carbocycles. The Labute approximate surface area is 159 Å². The van der Waals surface area contributed by atoms with E-state index in [1.54, 1.807) is 0 Å². The predicted octanol–water partition coefficient (Wildman–Crippen LogP) is 6.17. The highest BCUT2D eigenvalue weighted by atomic mass is 32.2. The zero-order valence-corrected chi connectivity index (χ0v) is 17.0. The molecule has 2 nitrogen and oxygen atoms in total. The molecular formula is C21H26N2S2. The summed E-state index contributed by atoms with van der Waals surface area (Å²) in [7, 11) is 0. The number of hydrogen-bond donors (Lipinski definition) is 0. The van der Waals surface area contributed by atoms with Crippen LogP contribution in [0, 0.1) is 0 Å². The first-order chi connectivity index (χ1) is 12.0. The Morgan fingerprint density at radius 2 is 1.64 bits per heavy atom. The molecule has 3 rings (SSSR count). The van der Waals surface area contributed by atoms with Crippen molar-refractivity contribution < 1.29 is 0 Å². The van der Waals surface area contributed by atoms with E-state index in [9.17, 15) is 0 Å². The number of rotatable bonds is 7. The second-order valence-electron chi connectivity index (χ2n) is 6.85. The van der Waals surface area contributed by atoms with E-state index in [1.165, 1.54) is 16.3 Å². The maximum absolute atomic E-state index is 4.27. The zero-order chi connectivity index (χ0) is 17.9. The number of fused-ring (bicyclic) bond motifs is 1. The van der Waals surface area contributed by atoms with Crippen LogP contribution in [-0.2, 0) is 10.6 Å². The van der Waals surface area contributed by atoms with E-state index in [-0.39, 0.29) is 4.08 Å². The Balaban J connectivity index is 2.19. The van der Waals surface area contributed by atoms with Crippen molar-refractivity contribution in [1.82, 2.24) is 9.55 Å². The summed E-state index contributed by atoms with van der Waals surface area (Å²) in [5, 5.41) is 3.73. The van der Waals surface area contributed by atoms with Crippen LogP contribution in [0.1, 0.15) is 33.3 Å². The fraction of sp³-hybridized carbons (Fsp3) is 0.381. The molecule has 1 aromatic heterocycles. The molecule has 1 heterocycles. The van der Waals surface area contributed by atoms with Crippen molar-refractivity contribution in [2.75, 3.05) is 0 Å². The number of nitrogens with zero attached hydrogens (tertiary/aromatic N) is 2. The highest BCUT2D eigenvalue weighted by Crippen LogP contribution is 2.53. The summed E-state index contributed by atoms with van der Waals surface area (Å²) >= 11 is 4.11. The number of benzene rings is 2. The Bertz CT molecular complexity index is 794. The first-order valence-corrected chi connectivity index (χ1v) is 10.6. The minimum absolute atomic E-state index is 0.0517. The minimum atomic E-state index is -0.0517. The monoisotopic (exact) mass is 370 g/mol. The first kappa shape index (κ1) is 18.4. The Morgan fingerprint density at radius 1 is 0.960 bits per heavy atom. The third kappa shape index (κ3) is 4.24. The van der Waals surface area contributed by atoms with Crippen molar-refractivity contribution in [3.8, 4) is 0 Å². The molecule has 0 saturated heterocycles. The van der Waals surface area contributed by atoms with Gasteiger partial charge < -0.3 is 4.57 Å². The summed E-state index contributed by atoms with van der Waals surface area (Å²) in [6.45, 7) is 10.1. The molecule has 0 fully saturated rings. The quantitative estimate of drug-likeness (QED) is 0.463. The van der Waals surface area contributed by atoms with Crippen molar-refractivity contribution in [2.24, 2.45) is 0 Å². The van der Waals surface area contributed by atoms with E-state index < -0.39 is 0 Å². The number of thioether (sulfide) groups is 2. The van der Waals surface area contributed by atoms with E-state index in [2.05, 4.69) is 109 Å². The normalized spacial score (nSPS) is 12.4. The summed E-state index contributed by atoms with van der Waals surface area (Å²) in [5.41, 5.74) is 1.41. The van der Waals surface area contributed by atoms with E-state index in [0.717, 1.165) is 6.54 Å². The van der Waals surface area contributed by atoms with Gasteiger partial charge in [-0.1, -0.05) is 70.2 Å². The number of imidazole rings is 1. The van der Waals surface area contributed by atoms with Crippen molar-refractivity contribution in [3.63, 3.8) is 0 Å². The van der Waals surface area contributed by atoms with E-state index >= 15 is 0 Å². The lowest BCUT2D eigenvalue weighted by Crippen LogP contribution is -2.28. The SMILES string of the molecule is CC(C)SC(Cn1ccnc1)(SC(C)C)c1cccc2ccccc12. The van der Waals surface area contributed by atoms with E-state index in [4.69, 9.17) is 0 Å². The molecule has 25 heavy (non-hydrogen) atoms. The van der Waals surface area contributed by atoms with E-state index in [0.29, 0.717) is 10.5 Å². The fourth-order valence-electron chi connectivity index (χ4n) is 3.25. The van der Waals surface area contributed by atoms with Crippen LogP contribution in [-0.4, -0.2) is 20.1 Å². The van der Waals surface area contributed by atoms with Crippen LogP contribution in [0.4, 0.5) is 0 Å². The van der Waals surface area contributed by atoms with Gasteiger partial charge in [0.25, 0.3) is 0 Å². The molecule has 0 N–H and O–H groups in total. The Kier molecular flexibility index (Phi) is 5.80. The Morgan fingerprint density at radius 3 is 2.28 bits per heavy atom. The summed E-state index contributed by atoms with van der Waals surface area (Å²) in [6, 6.07) is 15.5. The Hall–Kier alpha value is -1.39. The molecule has 0 spiro atoms. The first-order valence-electron chi connectivity index (χ1n) is 8.80. The lowest BCUT2D eigenvalue weighted by atomic mass is 10.0. The van der Waals surface area contributed by atoms with Crippen LogP contribution in [0.25, 0.3) is 10.8 Å². The highest BCUT2D eigenvalue weighted by Gasteiger charge is 2.37. The molecule has 0 bridgehead atoms. The van der Waals surface area contributed by atoms with Gasteiger partial charge >= 0.3 is 0 Å². The van der Waals surface area contributed by atoms with Crippen LogP contribution in [0.2, 0.25) is 0 Å².